The van der Waals surface area contributed by atoms with Gasteiger partial charge in [0.15, 0.2) is 0 Å². The Hall–Kier alpha value is -2.86. The zero-order chi connectivity index (χ0) is 14.3. The highest BCUT2D eigenvalue weighted by Gasteiger charge is 2.25. The molecule has 0 heterocycles. The Morgan fingerprint density at radius 2 is 2.10 bits per heavy atom. The van der Waals surface area contributed by atoms with Gasteiger partial charge in [-0.2, -0.15) is 5.26 Å². The number of carboxylic acid groups (broad SMARTS) is 1. The zero-order valence-corrected chi connectivity index (χ0v) is 10.8. The van der Waals surface area contributed by atoms with E-state index in [-0.39, 0.29) is 5.57 Å². The van der Waals surface area contributed by atoms with Crippen molar-refractivity contribution in [1.29, 1.82) is 5.26 Å². The highest BCUT2D eigenvalue weighted by molar-refractivity contribution is 6.30. The second-order valence-corrected chi connectivity index (χ2v) is 4.63. The van der Waals surface area contributed by atoms with Gasteiger partial charge in [0.2, 0.25) is 0 Å². The second kappa shape index (κ2) is 4.36. The van der Waals surface area contributed by atoms with Crippen LogP contribution in [0.5, 0.6) is 0 Å². The maximum atomic E-state index is 11.7. The fourth-order valence-electron chi connectivity index (χ4n) is 2.71. The molecule has 2 aliphatic rings. The lowest BCUT2D eigenvalue weighted by Crippen LogP contribution is -2.03. The molecule has 0 aromatic heterocycles. The Morgan fingerprint density at radius 1 is 1.30 bits per heavy atom. The van der Waals surface area contributed by atoms with Gasteiger partial charge in [-0.1, -0.05) is 30.4 Å². The SMILES string of the molecule is CC=CC1=C(C(=O)O)c2c(C#N)ccc3cc1ccc23. The lowest BCUT2D eigenvalue weighted by Gasteiger charge is -2.08. The van der Waals surface area contributed by atoms with E-state index in [2.05, 4.69) is 6.07 Å². The molecule has 0 fully saturated rings. The van der Waals surface area contributed by atoms with Crippen molar-refractivity contribution in [2.75, 3.05) is 0 Å². The van der Waals surface area contributed by atoms with Crippen molar-refractivity contribution in [3.05, 3.63) is 59.2 Å². The normalized spacial score (nSPS) is 13.2. The molecule has 4 rings (SSSR count). The van der Waals surface area contributed by atoms with E-state index in [0.29, 0.717) is 16.7 Å². The lowest BCUT2D eigenvalue weighted by molar-refractivity contribution is -0.130. The third kappa shape index (κ3) is 1.55. The zero-order valence-electron chi connectivity index (χ0n) is 10.8. The Labute approximate surface area is 116 Å². The van der Waals surface area contributed by atoms with Crippen molar-refractivity contribution in [2.24, 2.45) is 0 Å². The molecule has 0 aliphatic heterocycles. The highest BCUT2D eigenvalue weighted by Crippen LogP contribution is 2.39. The van der Waals surface area contributed by atoms with Crippen LogP contribution in [0.25, 0.3) is 21.9 Å². The first-order chi connectivity index (χ1) is 9.67. The lowest BCUT2D eigenvalue weighted by atomic mass is 9.94. The standard InChI is InChI=1S/C17H11NO2/c1-2-3-13-11-6-7-14-10(8-11)4-5-12(9-18)15(14)16(13)17(19)20/h2-8H,1H3,(H,19,20). The van der Waals surface area contributed by atoms with Crippen LogP contribution in [0.2, 0.25) is 0 Å². The van der Waals surface area contributed by atoms with E-state index in [1.807, 2.05) is 37.3 Å². The second-order valence-electron chi connectivity index (χ2n) is 4.63. The molecule has 2 aromatic carbocycles. The van der Waals surface area contributed by atoms with Crippen molar-refractivity contribution in [3.8, 4) is 6.07 Å². The number of nitrogens with zero attached hydrogens (tertiary/aromatic N) is 1. The van der Waals surface area contributed by atoms with Crippen LogP contribution in [0.4, 0.5) is 0 Å². The Bertz CT molecular complexity index is 851. The van der Waals surface area contributed by atoms with Crippen LogP contribution in [-0.2, 0) is 4.79 Å². The van der Waals surface area contributed by atoms with E-state index in [1.165, 1.54) is 0 Å². The molecule has 0 unspecified atom stereocenters. The molecule has 1 N–H and O–H groups in total. The minimum Gasteiger partial charge on any atom is -0.478 e. The average Bonchev–Trinajstić information content (AvgIpc) is 2.64. The number of allylic oxidation sites excluding steroid dienone is 3. The Balaban J connectivity index is 2.57. The third-order valence-corrected chi connectivity index (χ3v) is 3.52. The number of hydrogen-bond donors (Lipinski definition) is 1. The monoisotopic (exact) mass is 261 g/mol. The first-order valence-electron chi connectivity index (χ1n) is 6.25. The fraction of sp³-hybridized carbons (Fsp3) is 0.0588. The molecular weight excluding hydrogens is 250 g/mol. The van der Waals surface area contributed by atoms with Gasteiger partial charge < -0.3 is 5.11 Å². The molecule has 0 radical (unpaired) electrons. The van der Waals surface area contributed by atoms with Crippen LogP contribution in [0.3, 0.4) is 0 Å². The van der Waals surface area contributed by atoms with Crippen LogP contribution in [0.1, 0.15) is 23.6 Å². The number of fused-ring (bicyclic) bond motifs is 1. The van der Waals surface area contributed by atoms with Gasteiger partial charge in [-0.3, -0.25) is 0 Å². The molecule has 20 heavy (non-hydrogen) atoms. The number of aliphatic carboxylic acids is 1. The van der Waals surface area contributed by atoms with Gasteiger partial charge >= 0.3 is 5.97 Å². The summed E-state index contributed by atoms with van der Waals surface area (Å²) in [5.74, 6) is -1.01. The molecule has 2 aliphatic carbocycles. The summed E-state index contributed by atoms with van der Waals surface area (Å²) in [5.41, 5.74) is 2.62. The summed E-state index contributed by atoms with van der Waals surface area (Å²) in [5, 5.41) is 20.7. The van der Waals surface area contributed by atoms with Gasteiger partial charge in [-0.05, 0) is 41.0 Å². The first kappa shape index (κ1) is 12.2. The molecule has 0 spiro atoms. The van der Waals surface area contributed by atoms with Crippen LogP contribution in [0, 0.1) is 11.3 Å². The molecule has 4 bridgehead atoms. The van der Waals surface area contributed by atoms with Gasteiger partial charge in [0.1, 0.15) is 0 Å². The van der Waals surface area contributed by atoms with Crippen molar-refractivity contribution < 1.29 is 9.90 Å². The summed E-state index contributed by atoms with van der Waals surface area (Å²) < 4.78 is 0. The summed E-state index contributed by atoms with van der Waals surface area (Å²) in [4.78, 5) is 11.7. The van der Waals surface area contributed by atoms with Gasteiger partial charge in [-0.25, -0.2) is 4.79 Å². The van der Waals surface area contributed by atoms with Gasteiger partial charge in [-0.15, -0.1) is 0 Å². The number of benzene rings is 2. The molecule has 0 atom stereocenters. The minimum absolute atomic E-state index is 0.199. The molecule has 96 valence electrons. The topological polar surface area (TPSA) is 61.1 Å². The van der Waals surface area contributed by atoms with Gasteiger partial charge in [0.25, 0.3) is 0 Å². The van der Waals surface area contributed by atoms with Gasteiger partial charge in [0, 0.05) is 5.56 Å². The Kier molecular flexibility index (Phi) is 2.66. The quantitative estimate of drug-likeness (QED) is 0.898. The smallest absolute Gasteiger partial charge is 0.337 e. The number of hydrogen-bond acceptors (Lipinski definition) is 2. The molecule has 0 saturated heterocycles. The molecule has 3 heteroatoms. The fourth-order valence-corrected chi connectivity index (χ4v) is 2.71. The summed E-state index contributed by atoms with van der Waals surface area (Å²) in [6, 6.07) is 11.4. The van der Waals surface area contributed by atoms with E-state index in [1.54, 1.807) is 12.1 Å². The van der Waals surface area contributed by atoms with Crippen LogP contribution >= 0.6 is 0 Å². The predicted octanol–water partition coefficient (Wildman–Crippen LogP) is 3.60. The molecule has 0 amide bonds. The maximum Gasteiger partial charge on any atom is 0.337 e. The number of nitriles is 1. The number of carboxylic acids is 1. The van der Waals surface area contributed by atoms with Crippen molar-refractivity contribution in [1.82, 2.24) is 0 Å². The van der Waals surface area contributed by atoms with Crippen molar-refractivity contribution >= 4 is 27.9 Å². The summed E-state index contributed by atoms with van der Waals surface area (Å²) >= 11 is 0. The number of rotatable bonds is 2. The van der Waals surface area contributed by atoms with E-state index >= 15 is 0 Å². The van der Waals surface area contributed by atoms with Crippen molar-refractivity contribution in [3.63, 3.8) is 0 Å². The molecule has 0 saturated carbocycles. The third-order valence-electron chi connectivity index (χ3n) is 3.52. The predicted molar refractivity (Wildman–Crippen MR) is 77.9 cm³/mol. The highest BCUT2D eigenvalue weighted by atomic mass is 16.4. The van der Waals surface area contributed by atoms with Crippen molar-refractivity contribution in [2.45, 2.75) is 6.92 Å². The number of carbonyl (C=O) groups is 1. The van der Waals surface area contributed by atoms with Crippen LogP contribution in [-0.4, -0.2) is 11.1 Å². The average molecular weight is 261 g/mol. The van der Waals surface area contributed by atoms with E-state index in [0.717, 1.165) is 16.3 Å². The molecule has 2 aromatic rings. The largest absolute Gasteiger partial charge is 0.478 e. The van der Waals surface area contributed by atoms with Crippen LogP contribution < -0.4 is 0 Å². The summed E-state index contributed by atoms with van der Waals surface area (Å²) in [7, 11) is 0. The van der Waals surface area contributed by atoms with Crippen LogP contribution in [0.15, 0.2) is 42.5 Å². The first-order valence-corrected chi connectivity index (χ1v) is 6.25. The summed E-state index contributed by atoms with van der Waals surface area (Å²) in [6.45, 7) is 1.85. The Morgan fingerprint density at radius 3 is 2.75 bits per heavy atom. The summed E-state index contributed by atoms with van der Waals surface area (Å²) in [6.07, 6.45) is 3.59. The van der Waals surface area contributed by atoms with E-state index in [4.69, 9.17) is 0 Å². The molecular formula is C17H11NO2. The van der Waals surface area contributed by atoms with E-state index < -0.39 is 5.97 Å². The van der Waals surface area contributed by atoms with Gasteiger partial charge in [0.05, 0.1) is 17.2 Å². The minimum atomic E-state index is -1.01. The maximum absolute atomic E-state index is 11.7. The molecule has 3 nitrogen and oxygen atoms in total. The van der Waals surface area contributed by atoms with E-state index in [9.17, 15) is 15.2 Å².